The van der Waals surface area contributed by atoms with Crippen LogP contribution < -0.4 is 15.4 Å². The van der Waals surface area contributed by atoms with Gasteiger partial charge in [-0.1, -0.05) is 25.1 Å². The molecule has 0 unspecified atom stereocenters. The average Bonchev–Trinajstić information content (AvgIpc) is 3.07. The van der Waals surface area contributed by atoms with Crippen LogP contribution in [0.25, 0.3) is 11.0 Å². The summed E-state index contributed by atoms with van der Waals surface area (Å²) in [7, 11) is 1.78. The first-order valence-electron chi connectivity index (χ1n) is 10.2. The number of pyridine rings is 1. The summed E-state index contributed by atoms with van der Waals surface area (Å²) in [6, 6.07) is 12.2. The SMILES string of the molecule is CCCOc1ccc(CNC(=NC)NCCCn2c(C)nc3ccccc32)cn1.I. The molecule has 162 valence electrons. The van der Waals surface area contributed by atoms with Gasteiger partial charge in [-0.2, -0.15) is 0 Å². The molecule has 2 N–H and O–H groups in total. The van der Waals surface area contributed by atoms with Crippen LogP contribution in [0.15, 0.2) is 47.6 Å². The first-order chi connectivity index (χ1) is 14.2. The minimum Gasteiger partial charge on any atom is -0.478 e. The highest BCUT2D eigenvalue weighted by Crippen LogP contribution is 2.15. The smallest absolute Gasteiger partial charge is 0.213 e. The highest BCUT2D eigenvalue weighted by atomic mass is 127. The lowest BCUT2D eigenvalue weighted by molar-refractivity contribution is 0.305. The molecule has 0 radical (unpaired) electrons. The fraction of sp³-hybridized carbons (Fsp3) is 0.409. The predicted molar refractivity (Wildman–Crippen MR) is 133 cm³/mol. The van der Waals surface area contributed by atoms with E-state index in [1.165, 1.54) is 5.52 Å². The summed E-state index contributed by atoms with van der Waals surface area (Å²) in [4.78, 5) is 13.2. The number of para-hydroxylation sites is 2. The van der Waals surface area contributed by atoms with Gasteiger partial charge in [-0.15, -0.1) is 24.0 Å². The van der Waals surface area contributed by atoms with Crippen molar-refractivity contribution in [3.8, 4) is 5.88 Å². The largest absolute Gasteiger partial charge is 0.478 e. The molecule has 0 aliphatic carbocycles. The maximum absolute atomic E-state index is 5.51. The molecule has 0 aliphatic heterocycles. The van der Waals surface area contributed by atoms with E-state index in [0.717, 1.165) is 48.8 Å². The minimum absolute atomic E-state index is 0. The summed E-state index contributed by atoms with van der Waals surface area (Å²) in [6.07, 6.45) is 3.79. The number of ether oxygens (including phenoxy) is 1. The zero-order chi connectivity index (χ0) is 20.5. The summed E-state index contributed by atoms with van der Waals surface area (Å²) in [5, 5.41) is 6.69. The van der Waals surface area contributed by atoms with E-state index >= 15 is 0 Å². The van der Waals surface area contributed by atoms with Gasteiger partial charge in [-0.25, -0.2) is 9.97 Å². The Hall–Kier alpha value is -2.36. The molecule has 0 saturated carbocycles. The van der Waals surface area contributed by atoms with E-state index in [-0.39, 0.29) is 24.0 Å². The Bertz CT molecular complexity index is 938. The molecule has 3 rings (SSSR count). The fourth-order valence-electron chi connectivity index (χ4n) is 3.14. The first kappa shape index (κ1) is 23.9. The number of nitrogens with zero attached hydrogens (tertiary/aromatic N) is 4. The monoisotopic (exact) mass is 522 g/mol. The van der Waals surface area contributed by atoms with Crippen molar-refractivity contribution < 1.29 is 4.74 Å². The number of guanidine groups is 1. The zero-order valence-electron chi connectivity index (χ0n) is 17.9. The van der Waals surface area contributed by atoms with Crippen LogP contribution in [0.5, 0.6) is 5.88 Å². The molecule has 0 bridgehead atoms. The Morgan fingerprint density at radius 1 is 1.17 bits per heavy atom. The molecular formula is C22H31IN6O. The topological polar surface area (TPSA) is 76.4 Å². The van der Waals surface area contributed by atoms with E-state index in [4.69, 9.17) is 4.74 Å². The molecule has 1 aromatic carbocycles. The van der Waals surface area contributed by atoms with Gasteiger partial charge < -0.3 is 19.9 Å². The second-order valence-electron chi connectivity index (χ2n) is 6.86. The molecule has 7 nitrogen and oxygen atoms in total. The molecule has 0 atom stereocenters. The quantitative estimate of drug-likeness (QED) is 0.193. The third-order valence-electron chi connectivity index (χ3n) is 4.63. The van der Waals surface area contributed by atoms with Crippen molar-refractivity contribution in [2.75, 3.05) is 20.2 Å². The van der Waals surface area contributed by atoms with Crippen molar-refractivity contribution in [2.45, 2.75) is 39.8 Å². The van der Waals surface area contributed by atoms with Gasteiger partial charge in [0.25, 0.3) is 0 Å². The van der Waals surface area contributed by atoms with Gasteiger partial charge >= 0.3 is 0 Å². The maximum Gasteiger partial charge on any atom is 0.213 e. The van der Waals surface area contributed by atoms with Gasteiger partial charge in [-0.05, 0) is 37.5 Å². The van der Waals surface area contributed by atoms with E-state index < -0.39 is 0 Å². The van der Waals surface area contributed by atoms with Gasteiger partial charge in [-0.3, -0.25) is 4.99 Å². The number of aryl methyl sites for hydroxylation is 2. The molecule has 8 heteroatoms. The van der Waals surface area contributed by atoms with Crippen LogP contribution in [-0.4, -0.2) is 40.7 Å². The third kappa shape index (κ3) is 6.58. The van der Waals surface area contributed by atoms with E-state index in [0.29, 0.717) is 19.0 Å². The molecule has 0 saturated heterocycles. The van der Waals surface area contributed by atoms with Crippen molar-refractivity contribution in [2.24, 2.45) is 4.99 Å². The lowest BCUT2D eigenvalue weighted by Gasteiger charge is -2.13. The normalized spacial score (nSPS) is 11.2. The lowest BCUT2D eigenvalue weighted by atomic mass is 10.3. The molecule has 0 spiro atoms. The van der Waals surface area contributed by atoms with Crippen LogP contribution in [0.4, 0.5) is 0 Å². The number of rotatable bonds is 9. The van der Waals surface area contributed by atoms with Crippen LogP contribution in [0.1, 0.15) is 31.2 Å². The number of halogens is 1. The van der Waals surface area contributed by atoms with Crippen LogP contribution in [0.3, 0.4) is 0 Å². The lowest BCUT2D eigenvalue weighted by Crippen LogP contribution is -2.37. The Morgan fingerprint density at radius 2 is 2.00 bits per heavy atom. The molecule has 3 aromatic rings. The van der Waals surface area contributed by atoms with Gasteiger partial charge in [0.15, 0.2) is 5.96 Å². The van der Waals surface area contributed by atoms with Crippen LogP contribution >= 0.6 is 24.0 Å². The number of aliphatic imine (C=N–C) groups is 1. The second-order valence-corrected chi connectivity index (χ2v) is 6.86. The molecule has 30 heavy (non-hydrogen) atoms. The summed E-state index contributed by atoms with van der Waals surface area (Å²) in [6.45, 7) is 7.23. The number of benzene rings is 1. The molecule has 0 amide bonds. The number of aromatic nitrogens is 3. The Kier molecular flexibility index (Phi) is 9.85. The van der Waals surface area contributed by atoms with Crippen LogP contribution in [0.2, 0.25) is 0 Å². The van der Waals surface area contributed by atoms with Crippen molar-refractivity contribution in [3.05, 3.63) is 54.0 Å². The fourth-order valence-corrected chi connectivity index (χ4v) is 3.14. The number of hydrogen-bond donors (Lipinski definition) is 2. The van der Waals surface area contributed by atoms with Gasteiger partial charge in [0.05, 0.1) is 17.6 Å². The summed E-state index contributed by atoms with van der Waals surface area (Å²) < 4.78 is 7.78. The number of nitrogens with one attached hydrogen (secondary N) is 2. The third-order valence-corrected chi connectivity index (χ3v) is 4.63. The second kappa shape index (κ2) is 12.4. The van der Waals surface area contributed by atoms with Gasteiger partial charge in [0, 0.05) is 38.9 Å². The maximum atomic E-state index is 5.51. The molecule has 0 aliphatic rings. The van der Waals surface area contributed by atoms with Crippen LogP contribution in [-0.2, 0) is 13.1 Å². The number of fused-ring (bicyclic) bond motifs is 1. The van der Waals surface area contributed by atoms with E-state index in [1.54, 1.807) is 7.05 Å². The average molecular weight is 522 g/mol. The first-order valence-corrected chi connectivity index (χ1v) is 10.2. The molecule has 0 fully saturated rings. The van der Waals surface area contributed by atoms with Crippen molar-refractivity contribution in [1.82, 2.24) is 25.2 Å². The Labute approximate surface area is 195 Å². The van der Waals surface area contributed by atoms with Crippen molar-refractivity contribution in [1.29, 1.82) is 0 Å². The van der Waals surface area contributed by atoms with Gasteiger partial charge in [0.1, 0.15) is 5.82 Å². The van der Waals surface area contributed by atoms with Crippen molar-refractivity contribution in [3.63, 3.8) is 0 Å². The minimum atomic E-state index is 0. The predicted octanol–water partition coefficient (Wildman–Crippen LogP) is 3.90. The standard InChI is InChI=1S/C22H30N6O.HI/c1-4-14-29-21-11-10-18(15-25-21)16-26-22(23-3)24-12-7-13-28-17(2)27-19-8-5-6-9-20(19)28;/h5-6,8-11,15H,4,7,12-14,16H2,1-3H3,(H2,23,24,26);1H. The highest BCUT2D eigenvalue weighted by molar-refractivity contribution is 14.0. The molecule has 2 heterocycles. The van der Waals surface area contributed by atoms with E-state index in [2.05, 4.69) is 62.2 Å². The number of hydrogen-bond acceptors (Lipinski definition) is 4. The van der Waals surface area contributed by atoms with E-state index in [1.807, 2.05) is 24.4 Å². The summed E-state index contributed by atoms with van der Waals surface area (Å²) in [5.74, 6) is 2.50. The van der Waals surface area contributed by atoms with Crippen molar-refractivity contribution >= 4 is 41.0 Å². The molecular weight excluding hydrogens is 491 g/mol. The zero-order valence-corrected chi connectivity index (χ0v) is 20.2. The van der Waals surface area contributed by atoms with E-state index in [9.17, 15) is 0 Å². The summed E-state index contributed by atoms with van der Waals surface area (Å²) >= 11 is 0. The number of imidazole rings is 1. The van der Waals surface area contributed by atoms with Gasteiger partial charge in [0.2, 0.25) is 5.88 Å². The Morgan fingerprint density at radius 3 is 2.73 bits per heavy atom. The Balaban J connectivity index is 0.00000320. The molecule has 2 aromatic heterocycles. The summed E-state index contributed by atoms with van der Waals surface area (Å²) in [5.41, 5.74) is 3.32. The van der Waals surface area contributed by atoms with Crippen LogP contribution in [0, 0.1) is 6.92 Å². The highest BCUT2D eigenvalue weighted by Gasteiger charge is 2.06.